The summed E-state index contributed by atoms with van der Waals surface area (Å²) in [7, 11) is 0. The molecule has 0 amide bonds. The molecule has 0 fully saturated rings. The topological polar surface area (TPSA) is 78.0 Å². The molecule has 6 nitrogen and oxygen atoms in total. The van der Waals surface area contributed by atoms with E-state index in [1.807, 2.05) is 13.8 Å². The molecule has 0 radical (unpaired) electrons. The largest absolute Gasteiger partial charge is 0.416 e. The van der Waals surface area contributed by atoms with E-state index < -0.39 is 22.2 Å². The Kier molecular flexibility index (Phi) is 4.91. The Balaban J connectivity index is 1.84. The molecule has 0 saturated heterocycles. The molecule has 4 rings (SSSR count). The minimum absolute atomic E-state index is 0.000951. The van der Waals surface area contributed by atoms with E-state index >= 15 is 0 Å². The van der Waals surface area contributed by atoms with Crippen molar-refractivity contribution in [3.8, 4) is 0 Å². The third-order valence-corrected chi connectivity index (χ3v) is 5.39. The molecule has 0 bridgehead atoms. The highest BCUT2D eigenvalue weighted by Crippen LogP contribution is 2.33. The number of hydrogen-bond acceptors (Lipinski definition) is 4. The first-order valence-corrected chi connectivity index (χ1v) is 9.67. The quantitative estimate of drug-likeness (QED) is 0.413. The van der Waals surface area contributed by atoms with Gasteiger partial charge in [0, 0.05) is 18.2 Å². The van der Waals surface area contributed by atoms with Crippen molar-refractivity contribution in [3.63, 3.8) is 0 Å². The number of alkyl halides is 3. The Labute approximate surface area is 174 Å². The van der Waals surface area contributed by atoms with E-state index in [2.05, 4.69) is 4.98 Å². The predicted octanol–water partition coefficient (Wildman–Crippen LogP) is 5.39. The first-order valence-electron chi connectivity index (χ1n) is 9.67. The molecular formula is C22H18F3N3O3. The molecular weight excluding hydrogens is 411 g/mol. The molecule has 9 heteroatoms. The van der Waals surface area contributed by atoms with Crippen molar-refractivity contribution in [2.45, 2.75) is 38.9 Å². The Morgan fingerprint density at radius 2 is 1.94 bits per heavy atom. The summed E-state index contributed by atoms with van der Waals surface area (Å²) in [5.74, 6) is 0.260. The van der Waals surface area contributed by atoms with E-state index in [0.717, 1.165) is 18.2 Å². The summed E-state index contributed by atoms with van der Waals surface area (Å²) in [6, 6.07) is 7.80. The van der Waals surface area contributed by atoms with E-state index in [9.17, 15) is 28.1 Å². The molecule has 0 aliphatic carbocycles. The Morgan fingerprint density at radius 1 is 1.19 bits per heavy atom. The van der Waals surface area contributed by atoms with E-state index in [1.165, 1.54) is 10.6 Å². The number of nitro benzene ring substituents is 1. The van der Waals surface area contributed by atoms with Crippen LogP contribution in [-0.2, 0) is 12.7 Å². The van der Waals surface area contributed by atoms with Crippen LogP contribution < -0.4 is 5.56 Å². The fraction of sp³-hybridized carbons (Fsp3) is 0.273. The van der Waals surface area contributed by atoms with Gasteiger partial charge in [0.25, 0.3) is 11.2 Å². The molecule has 2 heterocycles. The van der Waals surface area contributed by atoms with Crippen molar-refractivity contribution in [2.24, 2.45) is 0 Å². The van der Waals surface area contributed by atoms with Crippen LogP contribution in [0.5, 0.6) is 0 Å². The van der Waals surface area contributed by atoms with Crippen LogP contribution in [0.1, 0.15) is 48.7 Å². The van der Waals surface area contributed by atoms with Crippen LogP contribution >= 0.6 is 0 Å². The Hall–Kier alpha value is -3.49. The second-order valence-electron chi connectivity index (χ2n) is 7.77. The van der Waals surface area contributed by atoms with Crippen molar-refractivity contribution in [3.05, 3.63) is 79.4 Å². The lowest BCUT2D eigenvalue weighted by molar-refractivity contribution is -0.385. The minimum atomic E-state index is -4.54. The van der Waals surface area contributed by atoms with Crippen LogP contribution in [0.3, 0.4) is 0 Å². The molecule has 2 aromatic carbocycles. The lowest BCUT2D eigenvalue weighted by atomic mass is 9.98. The van der Waals surface area contributed by atoms with Gasteiger partial charge in [-0.2, -0.15) is 13.2 Å². The number of fused-ring (bicyclic) bond motifs is 2. The van der Waals surface area contributed by atoms with Crippen LogP contribution in [0.2, 0.25) is 0 Å². The zero-order valence-electron chi connectivity index (χ0n) is 16.7. The van der Waals surface area contributed by atoms with Crippen LogP contribution in [0.4, 0.5) is 18.9 Å². The van der Waals surface area contributed by atoms with Crippen LogP contribution in [-0.4, -0.2) is 14.5 Å². The first-order chi connectivity index (χ1) is 14.6. The highest BCUT2D eigenvalue weighted by molar-refractivity contribution is 5.85. The number of rotatable bonds is 3. The van der Waals surface area contributed by atoms with Crippen molar-refractivity contribution in [1.29, 1.82) is 0 Å². The third-order valence-electron chi connectivity index (χ3n) is 5.39. The average Bonchev–Trinajstić information content (AvgIpc) is 3.09. The van der Waals surface area contributed by atoms with Gasteiger partial charge in [-0.25, -0.2) is 4.98 Å². The number of allylic oxidation sites excluding steroid dienone is 1. The highest BCUT2D eigenvalue weighted by atomic mass is 19.4. The maximum absolute atomic E-state index is 13.1. The molecule has 3 aromatic rings. The number of benzene rings is 2. The van der Waals surface area contributed by atoms with Gasteiger partial charge in [0.1, 0.15) is 5.82 Å². The molecule has 1 aliphatic heterocycles. The summed E-state index contributed by atoms with van der Waals surface area (Å²) in [5, 5.41) is 11.6. The molecule has 1 aliphatic rings. The van der Waals surface area contributed by atoms with Crippen LogP contribution in [0.15, 0.2) is 41.2 Å². The molecule has 0 spiro atoms. The molecule has 0 saturated carbocycles. The lowest BCUT2D eigenvalue weighted by Gasteiger charge is -2.10. The fourth-order valence-electron chi connectivity index (χ4n) is 3.83. The second-order valence-corrected chi connectivity index (χ2v) is 7.77. The average molecular weight is 429 g/mol. The van der Waals surface area contributed by atoms with E-state index in [0.29, 0.717) is 29.7 Å². The third kappa shape index (κ3) is 3.71. The summed E-state index contributed by atoms with van der Waals surface area (Å²) in [5.41, 5.74) is 0.513. The van der Waals surface area contributed by atoms with E-state index in [1.54, 1.807) is 18.2 Å². The minimum Gasteiger partial charge on any atom is -0.292 e. The van der Waals surface area contributed by atoms with E-state index in [-0.39, 0.29) is 28.3 Å². The zero-order chi connectivity index (χ0) is 22.5. The number of nitro groups is 1. The predicted molar refractivity (Wildman–Crippen MR) is 111 cm³/mol. The van der Waals surface area contributed by atoms with Gasteiger partial charge >= 0.3 is 6.18 Å². The highest BCUT2D eigenvalue weighted by Gasteiger charge is 2.31. The lowest BCUT2D eigenvalue weighted by Crippen LogP contribution is -2.21. The summed E-state index contributed by atoms with van der Waals surface area (Å²) >= 11 is 0. The van der Waals surface area contributed by atoms with Gasteiger partial charge in [-0.3, -0.25) is 19.5 Å². The van der Waals surface area contributed by atoms with Gasteiger partial charge in [-0.15, -0.1) is 0 Å². The van der Waals surface area contributed by atoms with Crippen LogP contribution in [0, 0.1) is 10.1 Å². The maximum Gasteiger partial charge on any atom is 0.416 e. The molecule has 0 unspecified atom stereocenters. The van der Waals surface area contributed by atoms with Gasteiger partial charge in [0.05, 0.1) is 21.4 Å². The van der Waals surface area contributed by atoms with Crippen molar-refractivity contribution in [2.75, 3.05) is 0 Å². The van der Waals surface area contributed by atoms with Crippen LogP contribution in [0.25, 0.3) is 22.6 Å². The second kappa shape index (κ2) is 7.33. The molecule has 0 N–H and O–H groups in total. The normalized spacial score (nSPS) is 15.1. The van der Waals surface area contributed by atoms with Gasteiger partial charge in [-0.05, 0) is 47.8 Å². The molecule has 160 valence electrons. The molecule has 31 heavy (non-hydrogen) atoms. The first kappa shape index (κ1) is 20.8. The summed E-state index contributed by atoms with van der Waals surface area (Å²) in [4.78, 5) is 28.1. The van der Waals surface area contributed by atoms with Gasteiger partial charge < -0.3 is 0 Å². The summed E-state index contributed by atoms with van der Waals surface area (Å²) < 4.78 is 40.6. The standard InChI is InChI=1S/C22H18F3N3O3/c1-12(2)16-5-3-13(10-19(16)28(30)31)9-14-7-8-27-20(14)26-18-11-15(22(23,24)25)4-6-17(18)21(27)29/h3-6,9-12H,7-8H2,1-2H3. The molecule has 0 atom stereocenters. The van der Waals surface area contributed by atoms with Crippen molar-refractivity contribution >= 4 is 28.2 Å². The van der Waals surface area contributed by atoms with Gasteiger partial charge in [-0.1, -0.05) is 26.0 Å². The molecule has 1 aromatic heterocycles. The Morgan fingerprint density at radius 3 is 2.58 bits per heavy atom. The van der Waals surface area contributed by atoms with Crippen molar-refractivity contribution in [1.82, 2.24) is 9.55 Å². The summed E-state index contributed by atoms with van der Waals surface area (Å²) in [6.45, 7) is 4.07. The number of hydrogen-bond donors (Lipinski definition) is 0. The maximum atomic E-state index is 13.1. The Bertz CT molecular complexity index is 1310. The number of halogens is 3. The van der Waals surface area contributed by atoms with Gasteiger partial charge in [0.15, 0.2) is 0 Å². The smallest absolute Gasteiger partial charge is 0.292 e. The summed E-state index contributed by atoms with van der Waals surface area (Å²) in [6.07, 6.45) is -2.40. The van der Waals surface area contributed by atoms with Crippen molar-refractivity contribution < 1.29 is 18.1 Å². The van der Waals surface area contributed by atoms with E-state index in [4.69, 9.17) is 0 Å². The zero-order valence-corrected chi connectivity index (χ0v) is 16.7. The SMILES string of the molecule is CC(C)c1ccc(C=C2CCn3c2nc2cc(C(F)(F)F)ccc2c3=O)cc1[N+](=O)[O-]. The van der Waals surface area contributed by atoms with Gasteiger partial charge in [0.2, 0.25) is 0 Å². The number of nitrogens with zero attached hydrogens (tertiary/aromatic N) is 3. The number of aromatic nitrogens is 2. The fourth-order valence-corrected chi connectivity index (χ4v) is 3.83. The monoisotopic (exact) mass is 429 g/mol.